The quantitative estimate of drug-likeness (QED) is 0.818. The number of carbonyl (C=O) groups excluding carboxylic acids is 1. The van der Waals surface area contributed by atoms with Crippen LogP contribution in [-0.4, -0.2) is 5.91 Å². The molecule has 0 unspecified atom stereocenters. The maximum Gasteiger partial charge on any atom is 0.240 e. The molecular formula is C17H21BrN2O. The zero-order valence-electron chi connectivity index (χ0n) is 12.4. The summed E-state index contributed by atoms with van der Waals surface area (Å²) in [6.45, 7) is 1.96. The molecule has 1 N–H and O–H groups in total. The first-order valence-corrected chi connectivity index (χ1v) is 8.34. The Bertz CT molecular complexity index is 525. The van der Waals surface area contributed by atoms with Gasteiger partial charge in [-0.25, -0.2) is 0 Å². The van der Waals surface area contributed by atoms with Crippen molar-refractivity contribution in [2.45, 2.75) is 51.5 Å². The fourth-order valence-corrected chi connectivity index (χ4v) is 3.16. The number of rotatable bonds is 3. The van der Waals surface area contributed by atoms with Gasteiger partial charge in [0.25, 0.3) is 0 Å². The second-order valence-electron chi connectivity index (χ2n) is 5.85. The number of nitriles is 1. The summed E-state index contributed by atoms with van der Waals surface area (Å²) in [4.78, 5) is 12.6. The Hall–Kier alpha value is -1.34. The summed E-state index contributed by atoms with van der Waals surface area (Å²) >= 11 is 3.41. The molecule has 0 heterocycles. The topological polar surface area (TPSA) is 52.9 Å². The zero-order valence-corrected chi connectivity index (χ0v) is 13.9. The molecule has 3 nitrogen and oxygen atoms in total. The lowest BCUT2D eigenvalue weighted by atomic mass is 9.80. The van der Waals surface area contributed by atoms with E-state index in [0.29, 0.717) is 12.8 Å². The van der Waals surface area contributed by atoms with Crippen LogP contribution in [0.3, 0.4) is 0 Å². The summed E-state index contributed by atoms with van der Waals surface area (Å²) in [5, 5.41) is 12.6. The van der Waals surface area contributed by atoms with Gasteiger partial charge in [-0.2, -0.15) is 5.26 Å². The van der Waals surface area contributed by atoms with Crippen LogP contribution >= 0.6 is 15.9 Å². The summed E-state index contributed by atoms with van der Waals surface area (Å²) in [7, 11) is 0. The lowest BCUT2D eigenvalue weighted by Crippen LogP contribution is -2.41. The van der Waals surface area contributed by atoms with Crippen molar-refractivity contribution in [2.24, 2.45) is 5.41 Å². The summed E-state index contributed by atoms with van der Waals surface area (Å²) < 4.78 is 1.02. The standard InChI is InChI=1S/C17H21BrN2O/c1-13(14-6-8-15(18)9-7-14)20-16(21)17(12-19)10-4-2-3-5-11-17/h6-9,13H,2-5,10-11H2,1H3,(H,20,21)/t13-/m1/s1. The summed E-state index contributed by atoms with van der Waals surface area (Å²) in [5.41, 5.74) is 0.216. The molecule has 1 fully saturated rings. The van der Waals surface area contributed by atoms with Crippen molar-refractivity contribution >= 4 is 21.8 Å². The monoisotopic (exact) mass is 348 g/mol. The number of benzene rings is 1. The molecule has 1 aromatic carbocycles. The predicted octanol–water partition coefficient (Wildman–Crippen LogP) is 4.49. The Kier molecular flexibility index (Phi) is 5.41. The van der Waals surface area contributed by atoms with Gasteiger partial charge < -0.3 is 5.32 Å². The van der Waals surface area contributed by atoms with E-state index >= 15 is 0 Å². The molecule has 2 rings (SSSR count). The van der Waals surface area contributed by atoms with E-state index in [1.807, 2.05) is 31.2 Å². The van der Waals surface area contributed by atoms with E-state index in [2.05, 4.69) is 27.3 Å². The SMILES string of the molecule is C[C@@H](NC(=O)C1(C#N)CCCCCC1)c1ccc(Br)cc1. The van der Waals surface area contributed by atoms with E-state index in [1.54, 1.807) is 0 Å². The van der Waals surface area contributed by atoms with E-state index in [4.69, 9.17) is 0 Å². The number of hydrogen-bond donors (Lipinski definition) is 1. The van der Waals surface area contributed by atoms with Crippen molar-refractivity contribution in [2.75, 3.05) is 0 Å². The molecule has 1 aliphatic carbocycles. The van der Waals surface area contributed by atoms with Gasteiger partial charge in [0.1, 0.15) is 5.41 Å². The average Bonchev–Trinajstić information content (AvgIpc) is 2.74. The second kappa shape index (κ2) is 7.09. The van der Waals surface area contributed by atoms with Crippen molar-refractivity contribution in [1.82, 2.24) is 5.32 Å². The molecule has 0 aromatic heterocycles. The van der Waals surface area contributed by atoms with Crippen LogP contribution in [-0.2, 0) is 4.79 Å². The second-order valence-corrected chi connectivity index (χ2v) is 6.77. The predicted molar refractivity (Wildman–Crippen MR) is 86.4 cm³/mol. The van der Waals surface area contributed by atoms with Gasteiger partial charge in [-0.05, 0) is 37.5 Å². The highest BCUT2D eigenvalue weighted by molar-refractivity contribution is 9.10. The Balaban J connectivity index is 2.08. The van der Waals surface area contributed by atoms with Crippen molar-refractivity contribution in [1.29, 1.82) is 5.26 Å². The first-order valence-electron chi connectivity index (χ1n) is 7.55. The normalized spacial score (nSPS) is 19.1. The maximum atomic E-state index is 12.6. The maximum absolute atomic E-state index is 12.6. The molecule has 1 amide bonds. The first kappa shape index (κ1) is 16.0. The van der Waals surface area contributed by atoms with E-state index in [0.717, 1.165) is 35.7 Å². The molecule has 0 saturated heterocycles. The van der Waals surface area contributed by atoms with E-state index in [1.165, 1.54) is 0 Å². The molecule has 1 aromatic rings. The molecule has 1 saturated carbocycles. The average molecular weight is 349 g/mol. The van der Waals surface area contributed by atoms with Crippen LogP contribution in [0.1, 0.15) is 57.1 Å². The molecule has 112 valence electrons. The Morgan fingerprint density at radius 1 is 1.24 bits per heavy atom. The van der Waals surface area contributed by atoms with Crippen LogP contribution in [0, 0.1) is 16.7 Å². The molecule has 0 spiro atoms. The minimum atomic E-state index is -0.833. The third-order valence-electron chi connectivity index (χ3n) is 4.32. The fraction of sp³-hybridized carbons (Fsp3) is 0.529. The summed E-state index contributed by atoms with van der Waals surface area (Å²) in [6.07, 6.45) is 5.55. The van der Waals surface area contributed by atoms with Crippen molar-refractivity contribution in [3.63, 3.8) is 0 Å². The number of hydrogen-bond acceptors (Lipinski definition) is 2. The van der Waals surface area contributed by atoms with Gasteiger partial charge in [0.05, 0.1) is 12.1 Å². The molecule has 0 bridgehead atoms. The first-order chi connectivity index (χ1) is 10.1. The van der Waals surface area contributed by atoms with Crippen LogP contribution in [0.15, 0.2) is 28.7 Å². The number of amides is 1. The fourth-order valence-electron chi connectivity index (χ4n) is 2.89. The van der Waals surface area contributed by atoms with Crippen molar-refractivity contribution < 1.29 is 4.79 Å². The van der Waals surface area contributed by atoms with Crippen LogP contribution in [0.5, 0.6) is 0 Å². The van der Waals surface area contributed by atoms with Crippen LogP contribution < -0.4 is 5.32 Å². The number of nitrogens with one attached hydrogen (secondary N) is 1. The number of nitrogens with zero attached hydrogens (tertiary/aromatic N) is 1. The van der Waals surface area contributed by atoms with Gasteiger partial charge >= 0.3 is 0 Å². The van der Waals surface area contributed by atoms with E-state index in [9.17, 15) is 10.1 Å². The minimum Gasteiger partial charge on any atom is -0.348 e. The molecule has 21 heavy (non-hydrogen) atoms. The van der Waals surface area contributed by atoms with Crippen LogP contribution in [0.2, 0.25) is 0 Å². The van der Waals surface area contributed by atoms with E-state index < -0.39 is 5.41 Å². The van der Waals surface area contributed by atoms with Gasteiger partial charge in [-0.1, -0.05) is 53.7 Å². The third kappa shape index (κ3) is 3.85. The lowest BCUT2D eigenvalue weighted by molar-refractivity contribution is -0.129. The number of halogens is 1. The van der Waals surface area contributed by atoms with Crippen LogP contribution in [0.25, 0.3) is 0 Å². The highest BCUT2D eigenvalue weighted by Gasteiger charge is 2.39. The van der Waals surface area contributed by atoms with Gasteiger partial charge in [0.15, 0.2) is 0 Å². The number of carbonyl (C=O) groups is 1. The third-order valence-corrected chi connectivity index (χ3v) is 4.85. The van der Waals surface area contributed by atoms with E-state index in [-0.39, 0.29) is 11.9 Å². The van der Waals surface area contributed by atoms with Gasteiger partial charge in [-0.3, -0.25) is 4.79 Å². The molecule has 1 aliphatic rings. The zero-order chi connectivity index (χ0) is 15.3. The summed E-state index contributed by atoms with van der Waals surface area (Å²) in [5.74, 6) is -0.109. The summed E-state index contributed by atoms with van der Waals surface area (Å²) in [6, 6.07) is 10.1. The Morgan fingerprint density at radius 3 is 2.33 bits per heavy atom. The van der Waals surface area contributed by atoms with Crippen molar-refractivity contribution in [3.05, 3.63) is 34.3 Å². The molecule has 0 radical (unpaired) electrons. The van der Waals surface area contributed by atoms with Gasteiger partial charge in [0.2, 0.25) is 5.91 Å². The smallest absolute Gasteiger partial charge is 0.240 e. The largest absolute Gasteiger partial charge is 0.348 e. The highest BCUT2D eigenvalue weighted by Crippen LogP contribution is 2.35. The Labute approximate surface area is 134 Å². The van der Waals surface area contributed by atoms with Gasteiger partial charge in [-0.15, -0.1) is 0 Å². The Morgan fingerprint density at radius 2 is 1.81 bits per heavy atom. The highest BCUT2D eigenvalue weighted by atomic mass is 79.9. The molecule has 4 heteroatoms. The van der Waals surface area contributed by atoms with Crippen molar-refractivity contribution in [3.8, 4) is 6.07 Å². The van der Waals surface area contributed by atoms with Gasteiger partial charge in [0, 0.05) is 4.47 Å². The minimum absolute atomic E-state index is 0.0842. The molecule has 0 aliphatic heterocycles. The van der Waals surface area contributed by atoms with Crippen LogP contribution in [0.4, 0.5) is 0 Å². The molecule has 1 atom stereocenters. The lowest BCUT2D eigenvalue weighted by Gasteiger charge is -2.26. The molecular weight excluding hydrogens is 328 g/mol.